The van der Waals surface area contributed by atoms with Gasteiger partial charge in [0, 0.05) is 16.2 Å². The lowest BCUT2D eigenvalue weighted by Crippen LogP contribution is -2.14. The van der Waals surface area contributed by atoms with E-state index in [0.29, 0.717) is 12.6 Å². The van der Waals surface area contributed by atoms with Crippen molar-refractivity contribution in [1.82, 2.24) is 5.09 Å². The van der Waals surface area contributed by atoms with Crippen LogP contribution in [0, 0.1) is 0 Å². The van der Waals surface area contributed by atoms with Gasteiger partial charge < -0.3 is 4.52 Å². The third kappa shape index (κ3) is 6.50. The molecular weight excluding hydrogens is 287 g/mol. The minimum absolute atomic E-state index is 0.394. The Morgan fingerprint density at radius 1 is 1.39 bits per heavy atom. The third-order valence-corrected chi connectivity index (χ3v) is 9.17. The van der Waals surface area contributed by atoms with Crippen LogP contribution in [0.15, 0.2) is 4.99 Å². The molecule has 4 nitrogen and oxygen atoms in total. The second-order valence-corrected chi connectivity index (χ2v) is 10.5. The summed E-state index contributed by atoms with van der Waals surface area (Å²) in [4.78, 5) is 4.45. The Balaban J connectivity index is 2.39. The molecule has 0 aliphatic heterocycles. The monoisotopic (exact) mass is 310 g/mol. The van der Waals surface area contributed by atoms with E-state index in [2.05, 4.69) is 10.1 Å². The zero-order valence-corrected chi connectivity index (χ0v) is 13.7. The maximum absolute atomic E-state index is 12.3. The maximum atomic E-state index is 12.3. The Morgan fingerprint density at radius 3 is 2.72 bits per heavy atom. The minimum Gasteiger partial charge on any atom is -0.306 e. The molecule has 0 radical (unpaired) electrons. The predicted octanol–water partition coefficient (Wildman–Crippen LogP) is 4.48. The van der Waals surface area contributed by atoms with Gasteiger partial charge in [-0.3, -0.25) is 14.6 Å². The Labute approximate surface area is 118 Å². The number of hydrogen-bond acceptors (Lipinski definition) is 5. The first-order valence-electron chi connectivity index (χ1n) is 6.55. The molecule has 1 aliphatic carbocycles. The summed E-state index contributed by atoms with van der Waals surface area (Å²) in [5.41, 5.74) is 0. The van der Waals surface area contributed by atoms with Gasteiger partial charge in [0.2, 0.25) is 0 Å². The first-order valence-corrected chi connectivity index (χ1v) is 11.1. The fraction of sp³-hybridized carbons (Fsp3) is 0.909. The molecule has 1 N–H and O–H groups in total. The largest absolute Gasteiger partial charge is 0.362 e. The van der Waals surface area contributed by atoms with Crippen LogP contribution in [0.2, 0.25) is 0 Å². The van der Waals surface area contributed by atoms with Crippen LogP contribution >= 0.6 is 27.9 Å². The van der Waals surface area contributed by atoms with Crippen molar-refractivity contribution in [2.75, 3.05) is 12.4 Å². The lowest BCUT2D eigenvalue weighted by Gasteiger charge is -2.18. The number of aliphatic imine (C=N–C) groups is 1. The topological polar surface area (TPSA) is 50.7 Å². The van der Waals surface area contributed by atoms with Crippen molar-refractivity contribution in [2.24, 2.45) is 4.99 Å². The molecule has 1 fully saturated rings. The lowest BCUT2D eigenvalue weighted by molar-refractivity contribution is 0.343. The van der Waals surface area contributed by atoms with E-state index in [1.165, 1.54) is 29.7 Å². The van der Waals surface area contributed by atoms with Crippen LogP contribution in [0.5, 0.6) is 0 Å². The van der Waals surface area contributed by atoms with E-state index in [1.54, 1.807) is 17.1 Å². The molecule has 0 bridgehead atoms. The minimum atomic E-state index is -2.82. The van der Waals surface area contributed by atoms with E-state index >= 15 is 0 Å². The molecule has 1 saturated carbocycles. The maximum Gasteiger partial charge on any atom is 0.362 e. The second kappa shape index (κ2) is 9.29. The van der Waals surface area contributed by atoms with Crippen LogP contribution in [0.4, 0.5) is 0 Å². The average Bonchev–Trinajstić information content (AvgIpc) is 2.38. The number of rotatable bonds is 8. The second-order valence-electron chi connectivity index (χ2n) is 4.10. The number of hydrogen-bond donors (Lipinski definition) is 1. The molecule has 0 spiro atoms. The summed E-state index contributed by atoms with van der Waals surface area (Å²) >= 11 is 0. The highest BCUT2D eigenvalue weighted by molar-refractivity contribution is 8.99. The van der Waals surface area contributed by atoms with Gasteiger partial charge in [-0.15, -0.1) is 0 Å². The van der Waals surface area contributed by atoms with Crippen molar-refractivity contribution >= 4 is 34.3 Å². The molecule has 1 aliphatic rings. The molecule has 18 heavy (non-hydrogen) atoms. The highest BCUT2D eigenvalue weighted by Gasteiger charge is 2.22. The summed E-state index contributed by atoms with van der Waals surface area (Å²) in [7, 11) is 2.83. The molecule has 0 saturated heterocycles. The molecular formula is C11H23N2O2PS2. The van der Waals surface area contributed by atoms with Gasteiger partial charge >= 0.3 is 6.72 Å². The Bertz CT molecular complexity index is 297. The van der Waals surface area contributed by atoms with Gasteiger partial charge in [0.15, 0.2) is 0 Å². The Hall–Kier alpha value is 0.360. The van der Waals surface area contributed by atoms with Crippen LogP contribution in [0.3, 0.4) is 0 Å². The molecule has 1 unspecified atom stereocenters. The average molecular weight is 310 g/mol. The fourth-order valence-electron chi connectivity index (χ4n) is 1.81. The lowest BCUT2D eigenvalue weighted by atomic mass is 9.96. The quantitative estimate of drug-likeness (QED) is 0.310. The van der Waals surface area contributed by atoms with Crippen LogP contribution in [0.25, 0.3) is 0 Å². The van der Waals surface area contributed by atoms with Crippen molar-refractivity contribution in [3.63, 3.8) is 0 Å². The van der Waals surface area contributed by atoms with Crippen LogP contribution < -0.4 is 5.09 Å². The molecule has 0 aromatic heterocycles. The van der Waals surface area contributed by atoms with Gasteiger partial charge in [0.1, 0.15) is 0 Å². The Morgan fingerprint density at radius 2 is 2.11 bits per heavy atom. The van der Waals surface area contributed by atoms with Gasteiger partial charge in [-0.05, 0) is 19.8 Å². The van der Waals surface area contributed by atoms with Crippen molar-refractivity contribution < 1.29 is 9.09 Å². The van der Waals surface area contributed by atoms with Crippen LogP contribution in [-0.2, 0) is 9.09 Å². The standard InChI is InChI=1S/C11H23N2O2PS2/c1-3-15-16(14,18-17-4-2)13-10-12-11-8-6-5-7-9-11/h10-11H,3-9H2,1-2H3,(H,12,13,14). The summed E-state index contributed by atoms with van der Waals surface area (Å²) in [6.45, 7) is 1.50. The van der Waals surface area contributed by atoms with E-state index in [0.717, 1.165) is 18.6 Å². The summed E-state index contributed by atoms with van der Waals surface area (Å²) in [5.74, 6) is 0.906. The van der Waals surface area contributed by atoms with Gasteiger partial charge in [0.05, 0.1) is 19.0 Å². The van der Waals surface area contributed by atoms with Crippen LogP contribution in [-0.4, -0.2) is 24.7 Å². The van der Waals surface area contributed by atoms with E-state index in [4.69, 9.17) is 4.52 Å². The highest BCUT2D eigenvalue weighted by Crippen LogP contribution is 2.60. The molecule has 1 atom stereocenters. The van der Waals surface area contributed by atoms with Gasteiger partial charge in [-0.1, -0.05) is 37.0 Å². The molecule has 0 aromatic rings. The van der Waals surface area contributed by atoms with E-state index in [1.807, 2.05) is 13.8 Å². The number of nitrogens with one attached hydrogen (secondary N) is 1. The van der Waals surface area contributed by atoms with Gasteiger partial charge in [-0.25, -0.2) is 0 Å². The van der Waals surface area contributed by atoms with Crippen molar-refractivity contribution in [1.29, 1.82) is 0 Å². The molecule has 7 heteroatoms. The van der Waals surface area contributed by atoms with E-state index in [-0.39, 0.29) is 0 Å². The molecule has 106 valence electrons. The van der Waals surface area contributed by atoms with Crippen LogP contribution in [0.1, 0.15) is 46.0 Å². The zero-order chi connectivity index (χ0) is 13.3. The number of nitrogens with zero attached hydrogens (tertiary/aromatic N) is 1. The molecule has 0 aromatic carbocycles. The first kappa shape index (κ1) is 16.4. The SMILES string of the molecule is CCOP(=O)(NC=NC1CCCCC1)SSCC. The summed E-state index contributed by atoms with van der Waals surface area (Å²) in [5, 5.41) is 2.86. The van der Waals surface area contributed by atoms with Crippen molar-refractivity contribution in [3.05, 3.63) is 0 Å². The predicted molar refractivity (Wildman–Crippen MR) is 83.5 cm³/mol. The Kier molecular flexibility index (Phi) is 8.47. The summed E-state index contributed by atoms with van der Waals surface area (Å²) in [6.07, 6.45) is 7.72. The zero-order valence-electron chi connectivity index (χ0n) is 11.1. The third-order valence-electron chi connectivity index (χ3n) is 2.64. The van der Waals surface area contributed by atoms with Gasteiger partial charge in [0.25, 0.3) is 0 Å². The first-order chi connectivity index (χ1) is 8.70. The van der Waals surface area contributed by atoms with Crippen molar-refractivity contribution in [2.45, 2.75) is 52.0 Å². The summed E-state index contributed by atoms with van der Waals surface area (Å²) < 4.78 is 17.6. The van der Waals surface area contributed by atoms with Gasteiger partial charge in [-0.2, -0.15) is 0 Å². The van der Waals surface area contributed by atoms with E-state index in [9.17, 15) is 4.57 Å². The van der Waals surface area contributed by atoms with Crippen molar-refractivity contribution in [3.8, 4) is 0 Å². The summed E-state index contributed by atoms with van der Waals surface area (Å²) in [6, 6.07) is 0.394. The smallest absolute Gasteiger partial charge is 0.306 e. The van der Waals surface area contributed by atoms with E-state index < -0.39 is 6.72 Å². The highest BCUT2D eigenvalue weighted by atomic mass is 33.3. The molecule has 0 heterocycles. The molecule has 1 rings (SSSR count). The normalized spacial score (nSPS) is 21.0. The fourth-order valence-corrected chi connectivity index (χ4v) is 7.19. The molecule has 0 amide bonds.